The van der Waals surface area contributed by atoms with Crippen LogP contribution in [0.1, 0.15) is 11.3 Å². The Kier molecular flexibility index (Phi) is 4.70. The van der Waals surface area contributed by atoms with E-state index in [9.17, 15) is 16.8 Å². The SMILES string of the molecule is CS(=O)(=O)c1cccc(S(=O)(=O)N2CCc3nc4ccc(Cl)cc4cc3C2)c1. The van der Waals surface area contributed by atoms with E-state index in [2.05, 4.69) is 4.98 Å². The minimum Gasteiger partial charge on any atom is -0.252 e. The summed E-state index contributed by atoms with van der Waals surface area (Å²) in [7, 11) is -7.33. The Morgan fingerprint density at radius 2 is 1.75 bits per heavy atom. The number of nitrogens with zero attached hydrogens (tertiary/aromatic N) is 2. The van der Waals surface area contributed by atoms with Crippen LogP contribution in [-0.2, 0) is 32.8 Å². The van der Waals surface area contributed by atoms with Gasteiger partial charge in [0.25, 0.3) is 0 Å². The second-order valence-corrected chi connectivity index (χ2v) is 11.2. The zero-order chi connectivity index (χ0) is 20.1. The average molecular weight is 437 g/mol. The molecule has 6 nitrogen and oxygen atoms in total. The van der Waals surface area contributed by atoms with E-state index in [1.165, 1.54) is 28.6 Å². The molecule has 1 aliphatic heterocycles. The summed E-state index contributed by atoms with van der Waals surface area (Å²) in [5, 5.41) is 1.44. The minimum absolute atomic E-state index is 0.0201. The summed E-state index contributed by atoms with van der Waals surface area (Å²) in [5.74, 6) is 0. The van der Waals surface area contributed by atoms with Crippen LogP contribution < -0.4 is 0 Å². The molecule has 0 amide bonds. The molecule has 0 saturated carbocycles. The summed E-state index contributed by atoms with van der Waals surface area (Å²) in [6.07, 6.45) is 1.54. The van der Waals surface area contributed by atoms with Crippen LogP contribution in [0, 0.1) is 0 Å². The van der Waals surface area contributed by atoms with E-state index in [1.54, 1.807) is 12.1 Å². The maximum Gasteiger partial charge on any atom is 0.243 e. The van der Waals surface area contributed by atoms with Gasteiger partial charge in [0, 0.05) is 41.9 Å². The Labute approximate surface area is 168 Å². The van der Waals surface area contributed by atoms with Crippen LogP contribution in [0.3, 0.4) is 0 Å². The molecule has 0 unspecified atom stereocenters. The molecule has 0 spiro atoms. The molecule has 0 bridgehead atoms. The molecule has 9 heteroatoms. The van der Waals surface area contributed by atoms with Crippen molar-refractivity contribution in [3.63, 3.8) is 0 Å². The number of pyridine rings is 1. The lowest BCUT2D eigenvalue weighted by molar-refractivity contribution is 0.388. The third kappa shape index (κ3) is 3.53. The van der Waals surface area contributed by atoms with E-state index < -0.39 is 19.9 Å². The predicted molar refractivity (Wildman–Crippen MR) is 108 cm³/mol. The number of rotatable bonds is 3. The predicted octanol–water partition coefficient (Wildman–Crippen LogP) is 3.04. The second-order valence-electron chi connectivity index (χ2n) is 6.77. The largest absolute Gasteiger partial charge is 0.252 e. The average Bonchev–Trinajstić information content (AvgIpc) is 2.65. The molecule has 2 heterocycles. The fourth-order valence-electron chi connectivity index (χ4n) is 3.30. The Morgan fingerprint density at radius 3 is 2.50 bits per heavy atom. The third-order valence-corrected chi connectivity index (χ3v) is 7.95. The summed E-state index contributed by atoms with van der Waals surface area (Å²) in [4.78, 5) is 4.58. The quantitative estimate of drug-likeness (QED) is 0.630. The Hall–Kier alpha value is -2.00. The minimum atomic E-state index is -3.83. The molecule has 0 N–H and O–H groups in total. The van der Waals surface area contributed by atoms with Gasteiger partial charge >= 0.3 is 0 Å². The highest BCUT2D eigenvalue weighted by atomic mass is 35.5. The van der Waals surface area contributed by atoms with Gasteiger partial charge in [0.2, 0.25) is 10.0 Å². The lowest BCUT2D eigenvalue weighted by atomic mass is 10.0. The molecule has 2 aromatic carbocycles. The first kappa shape index (κ1) is 19.3. The standard InChI is InChI=1S/C19H17ClN2O4S2/c1-27(23,24)16-3-2-4-17(11-16)28(25,26)22-8-7-19-14(12-22)9-13-10-15(20)5-6-18(13)21-19/h2-6,9-11H,7-8,12H2,1H3. The van der Waals surface area contributed by atoms with Gasteiger partial charge in [-0.15, -0.1) is 0 Å². The molecular weight excluding hydrogens is 420 g/mol. The number of benzene rings is 2. The van der Waals surface area contributed by atoms with Gasteiger partial charge in [-0.25, -0.2) is 16.8 Å². The number of aromatic nitrogens is 1. The van der Waals surface area contributed by atoms with Crippen molar-refractivity contribution >= 4 is 42.4 Å². The van der Waals surface area contributed by atoms with E-state index in [0.29, 0.717) is 11.4 Å². The van der Waals surface area contributed by atoms with Gasteiger partial charge in [0.15, 0.2) is 9.84 Å². The van der Waals surface area contributed by atoms with Gasteiger partial charge in [-0.2, -0.15) is 4.31 Å². The van der Waals surface area contributed by atoms with Crippen molar-refractivity contribution in [3.8, 4) is 0 Å². The van der Waals surface area contributed by atoms with Gasteiger partial charge in [0.1, 0.15) is 0 Å². The molecule has 4 rings (SSSR count). The molecular formula is C19H17ClN2O4S2. The Morgan fingerprint density at radius 1 is 1.00 bits per heavy atom. The highest BCUT2D eigenvalue weighted by molar-refractivity contribution is 7.91. The first-order valence-corrected chi connectivity index (χ1v) is 12.2. The topological polar surface area (TPSA) is 84.4 Å². The fraction of sp³-hybridized carbons (Fsp3) is 0.211. The molecule has 1 aromatic heterocycles. The van der Waals surface area contributed by atoms with E-state index in [4.69, 9.17) is 11.6 Å². The molecule has 146 valence electrons. The summed E-state index contributed by atoms with van der Waals surface area (Å²) in [6, 6.07) is 12.8. The smallest absolute Gasteiger partial charge is 0.243 e. The maximum absolute atomic E-state index is 13.1. The van der Waals surface area contributed by atoms with Gasteiger partial charge in [-0.1, -0.05) is 17.7 Å². The van der Waals surface area contributed by atoms with Crippen LogP contribution in [0.25, 0.3) is 10.9 Å². The number of halogens is 1. The van der Waals surface area contributed by atoms with Crippen LogP contribution in [0.15, 0.2) is 58.3 Å². The van der Waals surface area contributed by atoms with Crippen LogP contribution in [0.4, 0.5) is 0 Å². The number of fused-ring (bicyclic) bond motifs is 2. The molecule has 0 aliphatic carbocycles. The van der Waals surface area contributed by atoms with E-state index in [0.717, 1.165) is 28.4 Å². The van der Waals surface area contributed by atoms with E-state index in [1.807, 2.05) is 12.1 Å². The summed E-state index contributed by atoms with van der Waals surface area (Å²) in [6.45, 7) is 0.459. The maximum atomic E-state index is 13.1. The zero-order valence-corrected chi connectivity index (χ0v) is 17.4. The molecule has 0 fully saturated rings. The van der Waals surface area contributed by atoms with Crippen LogP contribution in [0.2, 0.25) is 5.02 Å². The van der Waals surface area contributed by atoms with Gasteiger partial charge < -0.3 is 0 Å². The summed E-state index contributed by atoms with van der Waals surface area (Å²) in [5.41, 5.74) is 2.51. The highest BCUT2D eigenvalue weighted by Gasteiger charge is 2.29. The zero-order valence-electron chi connectivity index (χ0n) is 15.0. The van der Waals surface area contributed by atoms with E-state index >= 15 is 0 Å². The highest BCUT2D eigenvalue weighted by Crippen LogP contribution is 2.28. The molecule has 1 aliphatic rings. The fourth-order valence-corrected chi connectivity index (χ4v) is 5.69. The molecule has 28 heavy (non-hydrogen) atoms. The third-order valence-electron chi connectivity index (χ3n) is 4.76. The summed E-state index contributed by atoms with van der Waals surface area (Å²) >= 11 is 6.05. The molecule has 0 atom stereocenters. The lowest BCUT2D eigenvalue weighted by Gasteiger charge is -2.28. The lowest BCUT2D eigenvalue weighted by Crippen LogP contribution is -2.36. The van der Waals surface area contributed by atoms with Crippen molar-refractivity contribution in [1.29, 1.82) is 0 Å². The van der Waals surface area contributed by atoms with Crippen molar-refractivity contribution in [3.05, 3.63) is 64.8 Å². The van der Waals surface area contributed by atoms with Crippen molar-refractivity contribution in [2.45, 2.75) is 22.8 Å². The Bertz CT molecular complexity index is 1300. The van der Waals surface area contributed by atoms with Gasteiger partial charge in [-0.3, -0.25) is 4.98 Å². The Balaban J connectivity index is 1.72. The van der Waals surface area contributed by atoms with Crippen molar-refractivity contribution in [2.75, 3.05) is 12.8 Å². The van der Waals surface area contributed by atoms with Gasteiger partial charge in [-0.05, 0) is 48.0 Å². The first-order valence-electron chi connectivity index (χ1n) is 8.53. The first-order chi connectivity index (χ1) is 13.1. The van der Waals surface area contributed by atoms with Crippen molar-refractivity contribution < 1.29 is 16.8 Å². The van der Waals surface area contributed by atoms with Crippen molar-refractivity contribution in [1.82, 2.24) is 9.29 Å². The van der Waals surface area contributed by atoms with Crippen molar-refractivity contribution in [2.24, 2.45) is 0 Å². The van der Waals surface area contributed by atoms with Gasteiger partial charge in [0.05, 0.1) is 15.3 Å². The monoisotopic (exact) mass is 436 g/mol. The van der Waals surface area contributed by atoms with E-state index in [-0.39, 0.29) is 22.9 Å². The van der Waals surface area contributed by atoms with Crippen LogP contribution in [0.5, 0.6) is 0 Å². The van der Waals surface area contributed by atoms with Crippen LogP contribution >= 0.6 is 11.6 Å². The number of hydrogen-bond acceptors (Lipinski definition) is 5. The summed E-state index contributed by atoms with van der Waals surface area (Å²) < 4.78 is 51.1. The molecule has 3 aromatic rings. The van der Waals surface area contributed by atoms with Crippen LogP contribution in [-0.4, -0.2) is 38.9 Å². The molecule has 0 saturated heterocycles. The molecule has 0 radical (unpaired) electrons. The number of hydrogen-bond donors (Lipinski definition) is 0. The number of sulfonamides is 1. The number of sulfone groups is 1. The second kappa shape index (κ2) is 6.81. The normalized spacial score (nSPS) is 15.5.